The molecule has 10 nitrogen and oxygen atoms in total. The molecule has 30 heavy (non-hydrogen) atoms. The Balaban J connectivity index is 1.74. The van der Waals surface area contributed by atoms with Crippen molar-refractivity contribution in [2.45, 2.75) is 38.8 Å². The normalized spacial score (nSPS) is 21.6. The Morgan fingerprint density at radius 3 is 2.80 bits per heavy atom. The van der Waals surface area contributed by atoms with Crippen molar-refractivity contribution >= 4 is 17.6 Å². The Bertz CT molecular complexity index is 952. The van der Waals surface area contributed by atoms with Gasteiger partial charge in [-0.2, -0.15) is 0 Å². The third-order valence-electron chi connectivity index (χ3n) is 5.34. The number of nitrogen functional groups attached to an aromatic ring is 1. The summed E-state index contributed by atoms with van der Waals surface area (Å²) in [7, 11) is 0. The molecule has 4 rings (SSSR count). The minimum Gasteiger partial charge on any atom is -0.493 e. The first-order valence-corrected chi connectivity index (χ1v) is 9.87. The molecule has 160 valence electrons. The van der Waals surface area contributed by atoms with Crippen LogP contribution in [0.2, 0.25) is 0 Å². The van der Waals surface area contributed by atoms with Crippen LogP contribution in [-0.2, 0) is 9.59 Å². The van der Waals surface area contributed by atoms with Gasteiger partial charge in [-0.05, 0) is 25.0 Å². The average molecular weight is 414 g/mol. The lowest BCUT2D eigenvalue weighted by Gasteiger charge is -2.39. The van der Waals surface area contributed by atoms with Gasteiger partial charge in [0.05, 0.1) is 6.04 Å². The molecule has 1 saturated carbocycles. The van der Waals surface area contributed by atoms with Crippen LogP contribution in [0.1, 0.15) is 38.3 Å². The van der Waals surface area contributed by atoms with Crippen molar-refractivity contribution in [3.05, 3.63) is 47.2 Å². The predicted octanol–water partition coefficient (Wildman–Crippen LogP) is 0.275. The molecule has 0 bridgehead atoms. The number of nitrogens with one attached hydrogen (secondary N) is 2. The van der Waals surface area contributed by atoms with Crippen molar-refractivity contribution < 1.29 is 19.8 Å². The predicted molar refractivity (Wildman–Crippen MR) is 108 cm³/mol. The van der Waals surface area contributed by atoms with Gasteiger partial charge in [0, 0.05) is 36.4 Å². The summed E-state index contributed by atoms with van der Waals surface area (Å²) >= 11 is 0. The summed E-state index contributed by atoms with van der Waals surface area (Å²) in [5, 5.41) is 24.6. The van der Waals surface area contributed by atoms with Gasteiger partial charge in [-0.3, -0.25) is 14.5 Å². The summed E-state index contributed by atoms with van der Waals surface area (Å²) in [5.74, 6) is -1.01. The van der Waals surface area contributed by atoms with Crippen LogP contribution in [0.3, 0.4) is 0 Å². The highest BCUT2D eigenvalue weighted by Crippen LogP contribution is 2.36. The molecule has 1 aromatic rings. The zero-order valence-corrected chi connectivity index (χ0v) is 16.9. The van der Waals surface area contributed by atoms with Crippen LogP contribution >= 0.6 is 0 Å². The number of carbonyl (C=O) groups excluding carboxylic acids is 2. The van der Waals surface area contributed by atoms with Gasteiger partial charge < -0.3 is 21.3 Å². The number of hydrogen-bond acceptors (Lipinski definition) is 8. The van der Waals surface area contributed by atoms with Crippen LogP contribution in [0.25, 0.3) is 0 Å². The van der Waals surface area contributed by atoms with Crippen LogP contribution < -0.4 is 16.5 Å². The maximum atomic E-state index is 13.3. The van der Waals surface area contributed by atoms with Crippen molar-refractivity contribution in [1.29, 1.82) is 0 Å². The Kier molecular flexibility index (Phi) is 4.91. The summed E-state index contributed by atoms with van der Waals surface area (Å²) in [5.41, 5.74) is 8.79. The molecule has 2 aliphatic heterocycles. The highest BCUT2D eigenvalue weighted by Gasteiger charge is 2.45. The number of hydrogen-bond donors (Lipinski definition) is 5. The van der Waals surface area contributed by atoms with Crippen LogP contribution in [0.15, 0.2) is 41.7 Å². The van der Waals surface area contributed by atoms with Crippen LogP contribution in [0, 0.1) is 5.41 Å². The number of nitrogens with two attached hydrogens (primary N) is 1. The number of fused-ring (bicyclic) bond motifs is 1. The molecule has 1 aliphatic carbocycles. The van der Waals surface area contributed by atoms with Gasteiger partial charge in [-0.1, -0.05) is 19.9 Å². The van der Waals surface area contributed by atoms with Gasteiger partial charge in [0.2, 0.25) is 5.88 Å². The molecule has 0 spiro atoms. The van der Waals surface area contributed by atoms with Crippen LogP contribution in [0.4, 0.5) is 5.82 Å². The zero-order chi connectivity index (χ0) is 21.6. The van der Waals surface area contributed by atoms with E-state index in [1.165, 1.54) is 9.91 Å². The molecule has 6 N–H and O–H groups in total. The number of carbonyl (C=O) groups is 2. The fourth-order valence-corrected chi connectivity index (χ4v) is 3.46. The number of anilines is 1. The first-order valence-electron chi connectivity index (χ1n) is 9.87. The number of aliphatic hydroxyl groups is 2. The molecular formula is C20H26N6O4. The minimum atomic E-state index is -0.626. The van der Waals surface area contributed by atoms with E-state index in [-0.39, 0.29) is 24.8 Å². The Morgan fingerprint density at radius 2 is 2.17 bits per heavy atom. The number of aliphatic hydroxyl groups excluding tert-OH is 2. The van der Waals surface area contributed by atoms with E-state index in [1.807, 2.05) is 13.8 Å². The number of hydrazine groups is 1. The molecule has 1 fully saturated rings. The fraction of sp³-hybridized carbons (Fsp3) is 0.450. The summed E-state index contributed by atoms with van der Waals surface area (Å²) in [4.78, 5) is 31.5. The molecule has 10 heteroatoms. The average Bonchev–Trinajstić information content (AvgIpc) is 3.40. The minimum absolute atomic E-state index is 0.0272. The molecule has 3 aliphatic rings. The van der Waals surface area contributed by atoms with Gasteiger partial charge >= 0.3 is 0 Å². The Morgan fingerprint density at radius 1 is 1.43 bits per heavy atom. The van der Waals surface area contributed by atoms with Crippen LogP contribution in [-0.4, -0.2) is 56.1 Å². The summed E-state index contributed by atoms with van der Waals surface area (Å²) in [6.45, 7) is 3.61. The molecule has 1 unspecified atom stereocenters. The summed E-state index contributed by atoms with van der Waals surface area (Å²) in [6, 6.07) is 3.10. The monoisotopic (exact) mass is 414 g/mol. The van der Waals surface area contributed by atoms with Crippen LogP contribution in [0.5, 0.6) is 0 Å². The van der Waals surface area contributed by atoms with Crippen molar-refractivity contribution in [1.82, 2.24) is 25.6 Å². The van der Waals surface area contributed by atoms with E-state index in [1.54, 1.807) is 24.4 Å². The zero-order valence-electron chi connectivity index (χ0n) is 16.9. The second-order valence-corrected chi connectivity index (χ2v) is 8.60. The molecule has 0 saturated heterocycles. The smallest absolute Gasteiger partial charge is 0.270 e. The van der Waals surface area contributed by atoms with Crippen molar-refractivity contribution in [3.63, 3.8) is 0 Å². The summed E-state index contributed by atoms with van der Waals surface area (Å²) in [6.07, 6.45) is 5.02. The summed E-state index contributed by atoms with van der Waals surface area (Å²) < 4.78 is 0. The number of aromatic nitrogens is 1. The quantitative estimate of drug-likeness (QED) is 0.418. The van der Waals surface area contributed by atoms with Gasteiger partial charge in [0.15, 0.2) is 5.57 Å². The molecule has 0 aromatic carbocycles. The lowest BCUT2D eigenvalue weighted by atomic mass is 9.93. The Hall–Kier alpha value is -3.11. The van der Waals surface area contributed by atoms with E-state index in [9.17, 15) is 19.8 Å². The molecule has 1 aromatic heterocycles. The number of nitrogens with zero attached hydrogens (tertiary/aromatic N) is 3. The number of pyridine rings is 1. The van der Waals surface area contributed by atoms with Gasteiger partial charge in [-0.15, -0.1) is 0 Å². The Labute approximate surface area is 174 Å². The van der Waals surface area contributed by atoms with Crippen molar-refractivity contribution in [2.75, 3.05) is 18.9 Å². The van der Waals surface area contributed by atoms with Gasteiger partial charge in [-0.25, -0.2) is 15.4 Å². The van der Waals surface area contributed by atoms with E-state index in [2.05, 4.69) is 15.7 Å². The van der Waals surface area contributed by atoms with Gasteiger partial charge in [0.1, 0.15) is 11.6 Å². The van der Waals surface area contributed by atoms with E-state index in [4.69, 9.17) is 5.73 Å². The molecule has 0 radical (unpaired) electrons. The molecule has 1 atom stereocenters. The van der Waals surface area contributed by atoms with Crippen molar-refractivity contribution in [3.8, 4) is 0 Å². The maximum absolute atomic E-state index is 13.3. The molecule has 2 amide bonds. The standard InChI is InChI=1S/C20H26N6O4/c1-20(2,10-27)9-25-14-8-13(12-4-3-7-22-16(12)21)24-26(14)19(30)15(18(25)29)17(28)23-11-5-6-11/h3-4,7-8,11,13,24,27,30H,5-6,9-10H2,1-2H3,(H2,21,22)(H,23,28). The maximum Gasteiger partial charge on any atom is 0.270 e. The topological polar surface area (TPSA) is 144 Å². The number of amides is 2. The molecule has 3 heterocycles. The lowest BCUT2D eigenvalue weighted by Crippen LogP contribution is -2.52. The second kappa shape index (κ2) is 7.29. The third kappa shape index (κ3) is 3.59. The number of rotatable bonds is 6. The van der Waals surface area contributed by atoms with E-state index in [0.717, 1.165) is 12.8 Å². The highest BCUT2D eigenvalue weighted by molar-refractivity contribution is 6.19. The SMILES string of the molecule is CC(C)(CO)CN1C(=O)C(C(=O)NC2CC2)=C(O)N2NC(c3cccnc3N)C=C12. The third-order valence-corrected chi connectivity index (χ3v) is 5.34. The largest absolute Gasteiger partial charge is 0.493 e. The van der Waals surface area contributed by atoms with Gasteiger partial charge in [0.25, 0.3) is 11.8 Å². The first-order chi connectivity index (χ1) is 14.2. The van der Waals surface area contributed by atoms with E-state index in [0.29, 0.717) is 17.2 Å². The highest BCUT2D eigenvalue weighted by atomic mass is 16.3. The fourth-order valence-electron chi connectivity index (χ4n) is 3.46. The first kappa shape index (κ1) is 20.2. The van der Waals surface area contributed by atoms with E-state index < -0.39 is 29.2 Å². The van der Waals surface area contributed by atoms with Crippen molar-refractivity contribution in [2.24, 2.45) is 5.41 Å². The second-order valence-electron chi connectivity index (χ2n) is 8.60. The molecular weight excluding hydrogens is 388 g/mol. The van der Waals surface area contributed by atoms with E-state index >= 15 is 0 Å². The lowest BCUT2D eigenvalue weighted by molar-refractivity contribution is -0.133.